The number of hydrogen-bond acceptors (Lipinski definition) is 8. The van der Waals surface area contributed by atoms with Crippen molar-refractivity contribution in [1.29, 1.82) is 0 Å². The van der Waals surface area contributed by atoms with E-state index >= 15 is 0 Å². The van der Waals surface area contributed by atoms with Crippen molar-refractivity contribution in [3.8, 4) is 0 Å². The zero-order valence-corrected chi connectivity index (χ0v) is 22.8. The van der Waals surface area contributed by atoms with E-state index in [1.807, 2.05) is 13.8 Å². The number of ketones is 2. The molecule has 7 atom stereocenters. The van der Waals surface area contributed by atoms with Crippen LogP contribution in [0.1, 0.15) is 78.6 Å². The number of allylic oxidation sites excluding steroid dienone is 1. The molecule has 3 saturated carbocycles. The van der Waals surface area contributed by atoms with Crippen LogP contribution in [0.15, 0.2) is 11.6 Å². The van der Waals surface area contributed by atoms with Crippen LogP contribution in [0.25, 0.3) is 0 Å². The number of esters is 2. The van der Waals surface area contributed by atoms with Crippen LogP contribution in [0.3, 0.4) is 0 Å². The number of carbonyl (C=O) groups is 4. The first-order valence-electron chi connectivity index (χ1n) is 13.3. The Morgan fingerprint density at radius 2 is 1.89 bits per heavy atom. The topological polar surface area (TPSA) is 107 Å². The fourth-order valence-corrected chi connectivity index (χ4v) is 8.55. The van der Waals surface area contributed by atoms with Gasteiger partial charge in [-0.25, -0.2) is 0 Å². The molecule has 0 unspecified atom stereocenters. The minimum atomic E-state index is -1.42. The van der Waals surface area contributed by atoms with Crippen molar-refractivity contribution in [3.05, 3.63) is 11.6 Å². The van der Waals surface area contributed by atoms with E-state index in [-0.39, 0.29) is 46.9 Å². The zero-order valence-electron chi connectivity index (χ0n) is 22.0. The molecule has 3 fully saturated rings. The highest BCUT2D eigenvalue weighted by Gasteiger charge is 2.70. The number of aliphatic hydroxyl groups is 1. The van der Waals surface area contributed by atoms with Crippen LogP contribution < -0.4 is 0 Å². The predicted molar refractivity (Wildman–Crippen MR) is 136 cm³/mol. The van der Waals surface area contributed by atoms with Crippen molar-refractivity contribution in [2.45, 2.75) is 90.3 Å². The first kappa shape index (κ1) is 27.4. The van der Waals surface area contributed by atoms with Crippen molar-refractivity contribution in [3.63, 3.8) is 0 Å². The van der Waals surface area contributed by atoms with Crippen molar-refractivity contribution < 1.29 is 33.8 Å². The standard InChI is InChI=1S/C28H40O7S/c1-5-6-23(32)35-28(22(31)15-34-24(33)16-36-4)12-10-20-19-8-7-17-13-18(29)9-11-26(17,2)25(19)21(30)14-27(20,28)3/h13,19-21,25,30H,5-12,14-16H2,1-4H3/t19-,20-,21-,25+,26-,27-,28-/m0/s1. The van der Waals surface area contributed by atoms with E-state index < -0.39 is 35.7 Å². The summed E-state index contributed by atoms with van der Waals surface area (Å²) in [7, 11) is 0. The molecule has 7 nitrogen and oxygen atoms in total. The first-order valence-corrected chi connectivity index (χ1v) is 14.7. The Kier molecular flexibility index (Phi) is 7.78. The van der Waals surface area contributed by atoms with Crippen LogP contribution in [0.2, 0.25) is 0 Å². The molecule has 36 heavy (non-hydrogen) atoms. The van der Waals surface area contributed by atoms with Crippen LogP contribution in [0, 0.1) is 28.6 Å². The molecule has 4 aliphatic rings. The Labute approximate surface area is 218 Å². The maximum Gasteiger partial charge on any atom is 0.316 e. The number of ether oxygens (including phenoxy) is 2. The molecule has 0 radical (unpaired) electrons. The second kappa shape index (κ2) is 10.2. The van der Waals surface area contributed by atoms with Gasteiger partial charge in [0, 0.05) is 18.3 Å². The predicted octanol–water partition coefficient (Wildman–Crippen LogP) is 4.05. The smallest absolute Gasteiger partial charge is 0.316 e. The molecular weight excluding hydrogens is 480 g/mol. The average Bonchev–Trinajstić information content (AvgIpc) is 3.10. The number of aliphatic hydroxyl groups excluding tert-OH is 1. The number of carbonyl (C=O) groups excluding carboxylic acids is 4. The largest absolute Gasteiger partial charge is 0.457 e. The van der Waals surface area contributed by atoms with Gasteiger partial charge in [0.15, 0.2) is 18.0 Å². The third-order valence-electron chi connectivity index (χ3n) is 9.84. The minimum absolute atomic E-state index is 0.000303. The van der Waals surface area contributed by atoms with Crippen LogP contribution in [0.4, 0.5) is 0 Å². The average molecular weight is 521 g/mol. The normalized spacial score (nSPS) is 39.4. The Bertz CT molecular complexity index is 960. The Hall–Kier alpha value is -1.67. The summed E-state index contributed by atoms with van der Waals surface area (Å²) < 4.78 is 11.4. The first-order chi connectivity index (χ1) is 17.0. The SMILES string of the molecule is CCCC(=O)O[C@]1(C(=O)COC(=O)CSC)CC[C@H]2[C@@H]3CCC4=CC(=O)CC[C@]4(C)[C@H]3[C@@H](O)C[C@@]21C. The van der Waals surface area contributed by atoms with Crippen LogP contribution in [-0.2, 0) is 28.7 Å². The van der Waals surface area contributed by atoms with Crippen molar-refractivity contribution in [2.24, 2.45) is 28.6 Å². The van der Waals surface area contributed by atoms with Gasteiger partial charge in [-0.2, -0.15) is 11.8 Å². The van der Waals surface area contributed by atoms with Crippen LogP contribution in [-0.4, -0.2) is 58.9 Å². The monoisotopic (exact) mass is 520 g/mol. The second-order valence-corrected chi connectivity index (χ2v) is 12.5. The molecule has 1 N–H and O–H groups in total. The lowest BCUT2D eigenvalue weighted by Gasteiger charge is -2.60. The van der Waals surface area contributed by atoms with E-state index in [4.69, 9.17) is 9.47 Å². The van der Waals surface area contributed by atoms with Gasteiger partial charge >= 0.3 is 11.9 Å². The van der Waals surface area contributed by atoms with Gasteiger partial charge in [0.25, 0.3) is 0 Å². The van der Waals surface area contributed by atoms with Crippen LogP contribution >= 0.6 is 11.8 Å². The summed E-state index contributed by atoms with van der Waals surface area (Å²) in [5, 5.41) is 11.7. The molecule has 0 heterocycles. The Morgan fingerprint density at radius 3 is 2.58 bits per heavy atom. The van der Waals surface area contributed by atoms with Gasteiger partial charge in [-0.05, 0) is 80.4 Å². The molecule has 0 aromatic rings. The molecule has 0 aromatic carbocycles. The number of rotatable bonds is 8. The van der Waals surface area contributed by atoms with E-state index in [1.165, 1.54) is 11.8 Å². The molecule has 0 amide bonds. The highest BCUT2D eigenvalue weighted by molar-refractivity contribution is 7.99. The summed E-state index contributed by atoms with van der Waals surface area (Å²) in [4.78, 5) is 50.7. The highest BCUT2D eigenvalue weighted by atomic mass is 32.2. The Morgan fingerprint density at radius 1 is 1.14 bits per heavy atom. The maximum absolute atomic E-state index is 13.8. The maximum atomic E-state index is 13.8. The van der Waals surface area contributed by atoms with Gasteiger partial charge in [-0.1, -0.05) is 26.3 Å². The fraction of sp³-hybridized carbons (Fsp3) is 0.786. The lowest BCUT2D eigenvalue weighted by Crippen LogP contribution is -2.63. The quantitative estimate of drug-likeness (QED) is 0.478. The summed E-state index contributed by atoms with van der Waals surface area (Å²) >= 11 is 1.32. The van der Waals surface area contributed by atoms with Gasteiger partial charge in [0.2, 0.25) is 5.78 Å². The van der Waals surface area contributed by atoms with Crippen molar-refractivity contribution in [2.75, 3.05) is 18.6 Å². The number of hydrogen-bond donors (Lipinski definition) is 1. The number of fused-ring (bicyclic) bond motifs is 5. The molecule has 0 spiro atoms. The molecule has 4 aliphatic carbocycles. The summed E-state index contributed by atoms with van der Waals surface area (Å²) in [6.07, 6.45) is 8.01. The highest BCUT2D eigenvalue weighted by Crippen LogP contribution is 2.68. The second-order valence-electron chi connectivity index (χ2n) is 11.7. The van der Waals surface area contributed by atoms with E-state index in [9.17, 15) is 24.3 Å². The third-order valence-corrected chi connectivity index (χ3v) is 10.4. The number of thioether (sulfide) groups is 1. The molecule has 4 rings (SSSR count). The zero-order chi connectivity index (χ0) is 26.3. The molecule has 0 saturated heterocycles. The summed E-state index contributed by atoms with van der Waals surface area (Å²) in [6.45, 7) is 5.63. The van der Waals surface area contributed by atoms with Gasteiger partial charge in [-0.15, -0.1) is 0 Å². The lowest BCUT2D eigenvalue weighted by molar-refractivity contribution is -0.203. The van der Waals surface area contributed by atoms with Crippen LogP contribution in [0.5, 0.6) is 0 Å². The van der Waals surface area contributed by atoms with Gasteiger partial charge in [-0.3, -0.25) is 19.2 Å². The molecule has 0 aliphatic heterocycles. The van der Waals surface area contributed by atoms with Gasteiger partial charge < -0.3 is 14.6 Å². The summed E-state index contributed by atoms with van der Waals surface area (Å²) in [5.41, 5.74) is -1.27. The van der Waals surface area contributed by atoms with E-state index in [0.717, 1.165) is 24.8 Å². The van der Waals surface area contributed by atoms with Gasteiger partial charge in [0.1, 0.15) is 0 Å². The van der Waals surface area contributed by atoms with Crippen molar-refractivity contribution >= 4 is 35.3 Å². The van der Waals surface area contributed by atoms with E-state index in [0.29, 0.717) is 32.1 Å². The summed E-state index contributed by atoms with van der Waals surface area (Å²) in [6, 6.07) is 0. The third kappa shape index (κ3) is 4.36. The lowest BCUT2D eigenvalue weighted by atomic mass is 9.45. The molecular formula is C28H40O7S. The molecule has 0 bridgehead atoms. The van der Waals surface area contributed by atoms with Crippen molar-refractivity contribution in [1.82, 2.24) is 0 Å². The summed E-state index contributed by atoms with van der Waals surface area (Å²) in [5.74, 6) is -0.722. The Balaban J connectivity index is 1.68. The minimum Gasteiger partial charge on any atom is -0.457 e. The van der Waals surface area contributed by atoms with E-state index in [2.05, 4.69) is 6.92 Å². The van der Waals surface area contributed by atoms with Gasteiger partial charge in [0.05, 0.1) is 11.9 Å². The molecule has 200 valence electrons. The van der Waals surface area contributed by atoms with E-state index in [1.54, 1.807) is 12.3 Å². The molecule has 8 heteroatoms. The molecule has 0 aromatic heterocycles. The fourth-order valence-electron chi connectivity index (χ4n) is 8.23. The number of Topliss-reactive ketones (excluding diaryl/α,β-unsaturated/α-hetero) is 1.